The summed E-state index contributed by atoms with van der Waals surface area (Å²) in [6.07, 6.45) is 5.78. The molecule has 1 saturated carbocycles. The van der Waals surface area contributed by atoms with Gasteiger partial charge in [0.2, 0.25) is 11.9 Å². The van der Waals surface area contributed by atoms with Gasteiger partial charge in [0.15, 0.2) is 5.65 Å². The highest BCUT2D eigenvalue weighted by molar-refractivity contribution is 5.76. The van der Waals surface area contributed by atoms with Gasteiger partial charge in [-0.25, -0.2) is 14.4 Å². The number of aromatic nitrogens is 4. The molecule has 1 fully saturated rings. The van der Waals surface area contributed by atoms with Gasteiger partial charge in [0.05, 0.1) is 11.9 Å². The standard InChI is InChI=1S/C20H26FN7/c1-12(2)28-18-17(26-20(28)25-16-6-4-3-5-15(16)21)11-23-19(27-18)24-14-9-7-13(22)8-10-14/h3-6,11-14H,7-10,22H2,1-2H3,(H,25,26)(H,23,24,27). The van der Waals surface area contributed by atoms with Gasteiger partial charge in [-0.05, 0) is 51.7 Å². The van der Waals surface area contributed by atoms with Crippen LogP contribution < -0.4 is 16.4 Å². The van der Waals surface area contributed by atoms with Crippen LogP contribution in [0.1, 0.15) is 45.6 Å². The molecule has 2 aromatic heterocycles. The maximum Gasteiger partial charge on any atom is 0.224 e. The average molecular weight is 383 g/mol. The SMILES string of the molecule is CC(C)n1c(Nc2ccccc2F)nc2cnc(NC3CCC(N)CC3)nc21. The Morgan fingerprint density at radius 1 is 1.14 bits per heavy atom. The number of fused-ring (bicyclic) bond motifs is 1. The fourth-order valence-corrected chi connectivity index (χ4v) is 3.67. The molecule has 1 aliphatic carbocycles. The topological polar surface area (TPSA) is 93.7 Å². The van der Waals surface area contributed by atoms with E-state index in [4.69, 9.17) is 10.7 Å². The molecule has 7 nitrogen and oxygen atoms in total. The highest BCUT2D eigenvalue weighted by atomic mass is 19.1. The molecule has 0 bridgehead atoms. The Bertz CT molecular complexity index is 960. The van der Waals surface area contributed by atoms with Crippen LogP contribution in [0.3, 0.4) is 0 Å². The molecule has 3 aromatic rings. The van der Waals surface area contributed by atoms with Crippen LogP contribution >= 0.6 is 0 Å². The van der Waals surface area contributed by atoms with Crippen molar-refractivity contribution in [3.05, 3.63) is 36.3 Å². The fourth-order valence-electron chi connectivity index (χ4n) is 3.67. The number of nitrogens with one attached hydrogen (secondary N) is 2. The molecule has 0 radical (unpaired) electrons. The van der Waals surface area contributed by atoms with Crippen LogP contribution in [0.25, 0.3) is 11.2 Å². The summed E-state index contributed by atoms with van der Waals surface area (Å²) >= 11 is 0. The largest absolute Gasteiger partial charge is 0.351 e. The Labute approximate surface area is 163 Å². The molecule has 1 aliphatic rings. The molecule has 4 rings (SSSR count). The van der Waals surface area contributed by atoms with Crippen LogP contribution in [-0.2, 0) is 0 Å². The minimum atomic E-state index is -0.325. The zero-order valence-electron chi connectivity index (χ0n) is 16.2. The minimum absolute atomic E-state index is 0.0923. The van der Waals surface area contributed by atoms with E-state index >= 15 is 0 Å². The maximum absolute atomic E-state index is 14.1. The number of rotatable bonds is 5. The normalized spacial score (nSPS) is 19.9. The summed E-state index contributed by atoms with van der Waals surface area (Å²) in [5.74, 6) is 0.811. The van der Waals surface area contributed by atoms with Crippen molar-refractivity contribution < 1.29 is 4.39 Å². The van der Waals surface area contributed by atoms with Gasteiger partial charge in [-0.3, -0.25) is 4.57 Å². The van der Waals surface area contributed by atoms with Crippen LogP contribution in [-0.4, -0.2) is 31.6 Å². The van der Waals surface area contributed by atoms with Crippen molar-refractivity contribution >= 4 is 28.7 Å². The summed E-state index contributed by atoms with van der Waals surface area (Å²) in [5, 5.41) is 6.52. The van der Waals surface area contributed by atoms with E-state index in [1.165, 1.54) is 6.07 Å². The predicted molar refractivity (Wildman–Crippen MR) is 109 cm³/mol. The Kier molecular flexibility index (Phi) is 5.13. The van der Waals surface area contributed by atoms with Crippen LogP contribution in [0.4, 0.5) is 22.0 Å². The highest BCUT2D eigenvalue weighted by Gasteiger charge is 2.21. The lowest BCUT2D eigenvalue weighted by molar-refractivity contribution is 0.410. The lowest BCUT2D eigenvalue weighted by Gasteiger charge is -2.26. The van der Waals surface area contributed by atoms with Crippen LogP contribution in [0.5, 0.6) is 0 Å². The van der Waals surface area contributed by atoms with Gasteiger partial charge in [0, 0.05) is 18.1 Å². The van der Waals surface area contributed by atoms with Crippen molar-refractivity contribution in [1.29, 1.82) is 0 Å². The van der Waals surface area contributed by atoms with E-state index in [0.29, 0.717) is 35.2 Å². The third kappa shape index (κ3) is 3.77. The van der Waals surface area contributed by atoms with Gasteiger partial charge in [0.25, 0.3) is 0 Å². The first-order valence-corrected chi connectivity index (χ1v) is 9.80. The number of nitrogens with two attached hydrogens (primary N) is 1. The van der Waals surface area contributed by atoms with E-state index in [1.54, 1.807) is 24.4 Å². The van der Waals surface area contributed by atoms with E-state index < -0.39 is 0 Å². The third-order valence-corrected chi connectivity index (χ3v) is 5.17. The first-order valence-electron chi connectivity index (χ1n) is 9.80. The Morgan fingerprint density at radius 3 is 2.61 bits per heavy atom. The van der Waals surface area contributed by atoms with Crippen LogP contribution in [0, 0.1) is 5.82 Å². The Balaban J connectivity index is 1.64. The van der Waals surface area contributed by atoms with Crippen molar-refractivity contribution in [2.45, 2.75) is 57.7 Å². The number of benzene rings is 1. The molecular formula is C20H26FN7. The fraction of sp³-hybridized carbons (Fsp3) is 0.450. The van der Waals surface area contributed by atoms with E-state index in [2.05, 4.69) is 20.6 Å². The monoisotopic (exact) mass is 383 g/mol. The number of halogens is 1. The smallest absolute Gasteiger partial charge is 0.224 e. The first-order chi connectivity index (χ1) is 13.5. The van der Waals surface area contributed by atoms with Crippen molar-refractivity contribution in [2.75, 3.05) is 10.6 Å². The molecule has 28 heavy (non-hydrogen) atoms. The molecule has 0 saturated heterocycles. The minimum Gasteiger partial charge on any atom is -0.351 e. The highest BCUT2D eigenvalue weighted by Crippen LogP contribution is 2.27. The lowest BCUT2D eigenvalue weighted by Crippen LogP contribution is -2.33. The van der Waals surface area contributed by atoms with Crippen molar-refractivity contribution in [2.24, 2.45) is 5.73 Å². The molecular weight excluding hydrogens is 357 g/mol. The number of para-hydroxylation sites is 1. The number of hydrogen-bond donors (Lipinski definition) is 3. The van der Waals surface area contributed by atoms with Gasteiger partial charge >= 0.3 is 0 Å². The number of hydrogen-bond acceptors (Lipinski definition) is 6. The second kappa shape index (κ2) is 7.71. The third-order valence-electron chi connectivity index (χ3n) is 5.17. The second-order valence-electron chi connectivity index (χ2n) is 7.66. The lowest BCUT2D eigenvalue weighted by atomic mass is 9.92. The van der Waals surface area contributed by atoms with Crippen molar-refractivity contribution in [3.63, 3.8) is 0 Å². The Hall–Kier alpha value is -2.74. The van der Waals surface area contributed by atoms with E-state index in [9.17, 15) is 4.39 Å². The van der Waals surface area contributed by atoms with Crippen molar-refractivity contribution in [3.8, 4) is 0 Å². The molecule has 2 heterocycles. The predicted octanol–water partition coefficient (Wildman–Crippen LogP) is 3.97. The van der Waals surface area contributed by atoms with Gasteiger partial charge in [-0.15, -0.1) is 0 Å². The summed E-state index contributed by atoms with van der Waals surface area (Å²) in [6.45, 7) is 4.09. The number of imidazole rings is 1. The van der Waals surface area contributed by atoms with Crippen LogP contribution in [0.2, 0.25) is 0 Å². The van der Waals surface area contributed by atoms with Crippen LogP contribution in [0.15, 0.2) is 30.5 Å². The molecule has 0 spiro atoms. The molecule has 148 valence electrons. The zero-order chi connectivity index (χ0) is 19.7. The molecule has 0 aliphatic heterocycles. The van der Waals surface area contributed by atoms with E-state index in [1.807, 2.05) is 18.4 Å². The van der Waals surface area contributed by atoms with E-state index in [0.717, 1.165) is 31.3 Å². The van der Waals surface area contributed by atoms with E-state index in [-0.39, 0.29) is 11.9 Å². The summed E-state index contributed by atoms with van der Waals surface area (Å²) in [5.41, 5.74) is 7.76. The van der Waals surface area contributed by atoms with Gasteiger partial charge < -0.3 is 16.4 Å². The summed E-state index contributed by atoms with van der Waals surface area (Å²) < 4.78 is 16.0. The summed E-state index contributed by atoms with van der Waals surface area (Å²) in [7, 11) is 0. The van der Waals surface area contributed by atoms with Gasteiger partial charge in [-0.2, -0.15) is 4.98 Å². The molecule has 8 heteroatoms. The molecule has 0 amide bonds. The Morgan fingerprint density at radius 2 is 1.89 bits per heavy atom. The van der Waals surface area contributed by atoms with Gasteiger partial charge in [0.1, 0.15) is 11.3 Å². The average Bonchev–Trinajstić information content (AvgIpc) is 3.03. The molecule has 0 unspecified atom stereocenters. The maximum atomic E-state index is 14.1. The van der Waals surface area contributed by atoms with Crippen molar-refractivity contribution in [1.82, 2.24) is 19.5 Å². The molecule has 1 aromatic carbocycles. The summed E-state index contributed by atoms with van der Waals surface area (Å²) in [4.78, 5) is 13.7. The molecule has 4 N–H and O–H groups in total. The second-order valence-corrected chi connectivity index (χ2v) is 7.66. The molecule has 0 atom stereocenters. The van der Waals surface area contributed by atoms with Gasteiger partial charge in [-0.1, -0.05) is 12.1 Å². The zero-order valence-corrected chi connectivity index (χ0v) is 16.2. The number of nitrogens with zero attached hydrogens (tertiary/aromatic N) is 4. The number of anilines is 3. The first kappa shape index (κ1) is 18.6. The summed E-state index contributed by atoms with van der Waals surface area (Å²) in [6, 6.07) is 7.28. The quantitative estimate of drug-likeness (QED) is 0.617.